The molecule has 0 radical (unpaired) electrons. The van der Waals surface area contributed by atoms with Crippen molar-refractivity contribution in [3.63, 3.8) is 0 Å². The number of halogens is 1. The van der Waals surface area contributed by atoms with Crippen LogP contribution in [0.2, 0.25) is 0 Å². The molecule has 0 spiro atoms. The Balaban J connectivity index is 1.40. The van der Waals surface area contributed by atoms with Gasteiger partial charge in [-0.25, -0.2) is 17.5 Å². The Hall–Kier alpha value is -2.03. The molecule has 3 aliphatic rings. The molecule has 8 heteroatoms. The van der Waals surface area contributed by atoms with Gasteiger partial charge in [-0.3, -0.25) is 0 Å². The second-order valence-corrected chi connectivity index (χ2v) is 11.7. The van der Waals surface area contributed by atoms with Crippen molar-refractivity contribution in [3.8, 4) is 5.69 Å². The molecule has 2 heterocycles. The minimum Gasteiger partial charge on any atom is -0.377 e. The maximum Gasteiger partial charge on any atom is 0.213 e. The maximum absolute atomic E-state index is 13.4. The molecule has 2 aromatic rings. The average molecular weight is 474 g/mol. The van der Waals surface area contributed by atoms with E-state index in [1.54, 1.807) is 23.4 Å². The van der Waals surface area contributed by atoms with Crippen LogP contribution in [0.3, 0.4) is 0 Å². The van der Waals surface area contributed by atoms with Crippen LogP contribution in [0.5, 0.6) is 0 Å². The lowest BCUT2D eigenvalue weighted by Crippen LogP contribution is -2.41. The topological polar surface area (TPSA) is 64.4 Å². The Bertz CT molecular complexity index is 1150. The van der Waals surface area contributed by atoms with Crippen molar-refractivity contribution >= 4 is 10.0 Å². The molecule has 1 unspecified atom stereocenters. The third-order valence-corrected chi connectivity index (χ3v) is 9.36. The fourth-order valence-electron chi connectivity index (χ4n) is 5.82. The van der Waals surface area contributed by atoms with Gasteiger partial charge in [0.05, 0.1) is 29.4 Å². The summed E-state index contributed by atoms with van der Waals surface area (Å²) < 4.78 is 48.6. The van der Waals surface area contributed by atoms with Crippen LogP contribution in [0.15, 0.2) is 41.6 Å². The number of benzene rings is 1. The van der Waals surface area contributed by atoms with Crippen LogP contribution < -0.4 is 0 Å². The number of allylic oxidation sites excluding steroid dienone is 1. The van der Waals surface area contributed by atoms with Crippen LogP contribution in [0.25, 0.3) is 5.69 Å². The highest BCUT2D eigenvalue weighted by atomic mass is 32.2. The summed E-state index contributed by atoms with van der Waals surface area (Å²) in [5.74, 6) is 0.272. The van der Waals surface area contributed by atoms with Gasteiger partial charge in [0.2, 0.25) is 10.0 Å². The summed E-state index contributed by atoms with van der Waals surface area (Å²) in [6.45, 7) is 5.64. The SMILES string of the molecule is CCS(=O)(=O)N(CC1CCCO1)C[C@H]1CCC2=C1[C@@H](C)c1cnn(-c3ccc(F)cc3)c1C2. The van der Waals surface area contributed by atoms with E-state index in [2.05, 4.69) is 12.0 Å². The molecule has 33 heavy (non-hydrogen) atoms. The number of hydrogen-bond donors (Lipinski definition) is 0. The van der Waals surface area contributed by atoms with Gasteiger partial charge in [0.15, 0.2) is 0 Å². The largest absolute Gasteiger partial charge is 0.377 e. The van der Waals surface area contributed by atoms with E-state index in [9.17, 15) is 12.8 Å². The molecule has 5 rings (SSSR count). The molecule has 178 valence electrons. The van der Waals surface area contributed by atoms with Gasteiger partial charge >= 0.3 is 0 Å². The van der Waals surface area contributed by atoms with Gasteiger partial charge < -0.3 is 4.74 Å². The van der Waals surface area contributed by atoms with Crippen LogP contribution in [-0.2, 0) is 21.2 Å². The van der Waals surface area contributed by atoms with Gasteiger partial charge in [0.1, 0.15) is 5.82 Å². The van der Waals surface area contributed by atoms with E-state index in [-0.39, 0.29) is 29.5 Å². The number of sulfonamides is 1. The Kier molecular flexibility index (Phi) is 6.18. The first-order chi connectivity index (χ1) is 15.9. The van der Waals surface area contributed by atoms with Crippen molar-refractivity contribution in [1.82, 2.24) is 14.1 Å². The van der Waals surface area contributed by atoms with Gasteiger partial charge in [-0.05, 0) is 62.8 Å². The predicted octanol–water partition coefficient (Wildman–Crippen LogP) is 4.21. The van der Waals surface area contributed by atoms with Crippen molar-refractivity contribution in [2.75, 3.05) is 25.4 Å². The van der Waals surface area contributed by atoms with E-state index in [0.717, 1.165) is 50.1 Å². The Morgan fingerprint density at radius 3 is 2.70 bits per heavy atom. The summed E-state index contributed by atoms with van der Waals surface area (Å²) in [5, 5.41) is 4.63. The standard InChI is InChI=1S/C25H32FN3O3S/c1-3-33(30,31)28(16-22-5-4-12-32-22)15-19-7-6-18-13-24-23(17(2)25(18)19)14-27-29(24)21-10-8-20(26)9-11-21/h8-11,14,17,19,22H,3-7,12-13,15-16H2,1-2H3/t17-,19+,22?/m0/s1. The van der Waals surface area contributed by atoms with Crippen LogP contribution >= 0.6 is 0 Å². The smallest absolute Gasteiger partial charge is 0.213 e. The van der Waals surface area contributed by atoms with E-state index >= 15 is 0 Å². The fraction of sp³-hybridized carbons (Fsp3) is 0.560. The van der Waals surface area contributed by atoms with Crippen LogP contribution in [0.1, 0.15) is 56.7 Å². The summed E-state index contributed by atoms with van der Waals surface area (Å²) in [6, 6.07) is 6.44. The number of ether oxygens (including phenoxy) is 1. The van der Waals surface area contributed by atoms with E-state index in [4.69, 9.17) is 4.74 Å². The third-order valence-electron chi connectivity index (χ3n) is 7.54. The van der Waals surface area contributed by atoms with Crippen molar-refractivity contribution < 1.29 is 17.5 Å². The highest BCUT2D eigenvalue weighted by molar-refractivity contribution is 7.89. The van der Waals surface area contributed by atoms with E-state index in [0.29, 0.717) is 13.1 Å². The monoisotopic (exact) mass is 473 g/mol. The Morgan fingerprint density at radius 2 is 2.00 bits per heavy atom. The van der Waals surface area contributed by atoms with Crippen LogP contribution in [0, 0.1) is 11.7 Å². The van der Waals surface area contributed by atoms with Crippen molar-refractivity contribution in [2.45, 2.75) is 58.0 Å². The minimum atomic E-state index is -3.30. The van der Waals surface area contributed by atoms with Gasteiger partial charge in [-0.15, -0.1) is 0 Å². The zero-order valence-electron chi connectivity index (χ0n) is 19.3. The first-order valence-electron chi connectivity index (χ1n) is 12.0. The summed E-state index contributed by atoms with van der Waals surface area (Å²) >= 11 is 0. The maximum atomic E-state index is 13.4. The molecule has 0 saturated carbocycles. The number of rotatable bonds is 7. The molecule has 2 aliphatic carbocycles. The number of fused-ring (bicyclic) bond motifs is 1. The normalized spacial score (nSPS) is 25.0. The summed E-state index contributed by atoms with van der Waals surface area (Å²) in [5.41, 5.74) is 6.01. The summed E-state index contributed by atoms with van der Waals surface area (Å²) in [4.78, 5) is 0. The first kappa shape index (κ1) is 22.7. The highest BCUT2D eigenvalue weighted by Crippen LogP contribution is 2.47. The quantitative estimate of drug-likeness (QED) is 0.565. The second kappa shape index (κ2) is 8.96. The predicted molar refractivity (Wildman–Crippen MR) is 125 cm³/mol. The fourth-order valence-corrected chi connectivity index (χ4v) is 6.99. The zero-order valence-corrected chi connectivity index (χ0v) is 20.2. The molecule has 6 nitrogen and oxygen atoms in total. The molecular formula is C25H32FN3O3S. The van der Waals surface area contributed by atoms with Gasteiger partial charge in [0, 0.05) is 37.6 Å². The molecule has 3 atom stereocenters. The molecule has 1 saturated heterocycles. The molecular weight excluding hydrogens is 441 g/mol. The lowest BCUT2D eigenvalue weighted by atomic mass is 9.80. The van der Waals surface area contributed by atoms with E-state index in [1.165, 1.54) is 28.8 Å². The number of nitrogens with zero attached hydrogens (tertiary/aromatic N) is 3. The second-order valence-electron chi connectivity index (χ2n) is 9.48. The lowest BCUT2D eigenvalue weighted by molar-refractivity contribution is 0.0917. The van der Waals surface area contributed by atoms with E-state index < -0.39 is 10.0 Å². The first-order valence-corrected chi connectivity index (χ1v) is 13.6. The van der Waals surface area contributed by atoms with Crippen LogP contribution in [0.4, 0.5) is 4.39 Å². The minimum absolute atomic E-state index is 0.00509. The Morgan fingerprint density at radius 1 is 1.21 bits per heavy atom. The number of aromatic nitrogens is 2. The van der Waals surface area contributed by atoms with Crippen molar-refractivity contribution in [3.05, 3.63) is 58.7 Å². The highest BCUT2D eigenvalue weighted by Gasteiger charge is 2.38. The summed E-state index contributed by atoms with van der Waals surface area (Å²) in [6.07, 6.45) is 6.64. The molecule has 1 aliphatic heterocycles. The molecule has 1 aromatic heterocycles. The molecule has 0 bridgehead atoms. The van der Waals surface area contributed by atoms with Crippen LogP contribution in [-0.4, -0.2) is 54.1 Å². The average Bonchev–Trinajstić information content (AvgIpc) is 3.55. The van der Waals surface area contributed by atoms with Crippen molar-refractivity contribution in [1.29, 1.82) is 0 Å². The van der Waals surface area contributed by atoms with Crippen molar-refractivity contribution in [2.24, 2.45) is 5.92 Å². The zero-order chi connectivity index (χ0) is 23.2. The van der Waals surface area contributed by atoms with Gasteiger partial charge in [-0.2, -0.15) is 9.40 Å². The molecule has 1 aromatic carbocycles. The summed E-state index contributed by atoms with van der Waals surface area (Å²) in [7, 11) is -3.30. The van der Waals surface area contributed by atoms with E-state index in [1.807, 2.05) is 10.9 Å². The number of hydrogen-bond acceptors (Lipinski definition) is 4. The molecule has 1 fully saturated rings. The van der Waals surface area contributed by atoms with Gasteiger partial charge in [0.25, 0.3) is 0 Å². The van der Waals surface area contributed by atoms with Gasteiger partial charge in [-0.1, -0.05) is 18.1 Å². The lowest BCUT2D eigenvalue weighted by Gasteiger charge is -2.31. The molecule has 0 N–H and O–H groups in total. The third kappa shape index (κ3) is 4.29. The Labute approximate surface area is 195 Å². The molecule has 0 amide bonds.